The number of hydrogen-bond donors (Lipinski definition) is 1. The summed E-state index contributed by atoms with van der Waals surface area (Å²) in [5.41, 5.74) is 4.60. The Bertz CT molecular complexity index is 822. The van der Waals surface area contributed by atoms with E-state index in [2.05, 4.69) is 79.8 Å². The molecule has 1 unspecified atom stereocenters. The zero-order valence-electron chi connectivity index (χ0n) is 16.0. The minimum atomic E-state index is -0.218. The number of nitrogens with one attached hydrogen (secondary N) is 1. The molecular formula is C24H27NO2. The highest BCUT2D eigenvalue weighted by molar-refractivity contribution is 5.76. The molecule has 2 aromatic rings. The molecule has 4 rings (SSSR count). The monoisotopic (exact) mass is 361 g/mol. The Morgan fingerprint density at radius 1 is 1.00 bits per heavy atom. The quantitative estimate of drug-likeness (QED) is 0.600. The Morgan fingerprint density at radius 2 is 1.67 bits per heavy atom. The van der Waals surface area contributed by atoms with Gasteiger partial charge in [0, 0.05) is 11.6 Å². The van der Waals surface area contributed by atoms with Crippen LogP contribution in [-0.4, -0.2) is 12.6 Å². The van der Waals surface area contributed by atoms with Crippen molar-refractivity contribution in [3.8, 4) is 0 Å². The summed E-state index contributed by atoms with van der Waals surface area (Å²) >= 11 is 0. The molecule has 2 aromatic carbocycles. The SMILES string of the molecule is Cc1ccc(NC(c2ccc(C)cc2)[C@H]2C(=O)OC[C@H]3CCC=C[C@H]32)cc1. The van der Waals surface area contributed by atoms with Crippen LogP contribution in [0.15, 0.2) is 60.7 Å². The largest absolute Gasteiger partial charge is 0.465 e. The van der Waals surface area contributed by atoms with E-state index in [-0.39, 0.29) is 23.8 Å². The van der Waals surface area contributed by atoms with Crippen molar-refractivity contribution >= 4 is 11.7 Å². The van der Waals surface area contributed by atoms with Crippen molar-refractivity contribution in [2.24, 2.45) is 17.8 Å². The lowest BCUT2D eigenvalue weighted by Gasteiger charge is -2.41. The van der Waals surface area contributed by atoms with Gasteiger partial charge >= 0.3 is 5.97 Å². The van der Waals surface area contributed by atoms with E-state index >= 15 is 0 Å². The Kier molecular flexibility index (Phi) is 5.02. The van der Waals surface area contributed by atoms with Gasteiger partial charge in [0.05, 0.1) is 18.6 Å². The van der Waals surface area contributed by atoms with Gasteiger partial charge in [-0.2, -0.15) is 0 Å². The lowest BCUT2D eigenvalue weighted by atomic mass is 9.71. The summed E-state index contributed by atoms with van der Waals surface area (Å²) in [7, 11) is 0. The highest BCUT2D eigenvalue weighted by atomic mass is 16.5. The number of ether oxygens (including phenoxy) is 1. The summed E-state index contributed by atoms with van der Waals surface area (Å²) in [6.07, 6.45) is 6.64. The number of anilines is 1. The molecule has 1 heterocycles. The van der Waals surface area contributed by atoms with Crippen LogP contribution in [0.4, 0.5) is 5.69 Å². The van der Waals surface area contributed by atoms with Crippen LogP contribution in [0.5, 0.6) is 0 Å². The number of rotatable bonds is 4. The average Bonchev–Trinajstić information content (AvgIpc) is 2.69. The third-order valence-corrected chi connectivity index (χ3v) is 5.90. The van der Waals surface area contributed by atoms with Gasteiger partial charge in [0.2, 0.25) is 0 Å². The van der Waals surface area contributed by atoms with Crippen LogP contribution in [0.3, 0.4) is 0 Å². The predicted molar refractivity (Wildman–Crippen MR) is 109 cm³/mol. The van der Waals surface area contributed by atoms with Gasteiger partial charge in [0.25, 0.3) is 0 Å². The average molecular weight is 361 g/mol. The van der Waals surface area contributed by atoms with Gasteiger partial charge in [0.15, 0.2) is 0 Å². The van der Waals surface area contributed by atoms with E-state index in [9.17, 15) is 4.79 Å². The molecule has 27 heavy (non-hydrogen) atoms. The zero-order chi connectivity index (χ0) is 18.8. The number of aryl methyl sites for hydroxylation is 2. The number of esters is 1. The van der Waals surface area contributed by atoms with E-state index in [0.29, 0.717) is 12.5 Å². The maximum atomic E-state index is 12.9. The van der Waals surface area contributed by atoms with Crippen LogP contribution in [0, 0.1) is 31.6 Å². The molecule has 3 nitrogen and oxygen atoms in total. The minimum absolute atomic E-state index is 0.0898. The van der Waals surface area contributed by atoms with E-state index in [4.69, 9.17) is 4.74 Å². The molecule has 0 bridgehead atoms. The zero-order valence-corrected chi connectivity index (χ0v) is 16.0. The van der Waals surface area contributed by atoms with E-state index in [1.54, 1.807) is 0 Å². The Balaban J connectivity index is 1.72. The normalized spacial score (nSPS) is 25.4. The second kappa shape index (κ2) is 7.59. The lowest BCUT2D eigenvalue weighted by molar-refractivity contribution is -0.161. The highest BCUT2D eigenvalue weighted by Crippen LogP contribution is 2.42. The number of hydrogen-bond acceptors (Lipinski definition) is 3. The van der Waals surface area contributed by atoms with Crippen molar-refractivity contribution in [2.75, 3.05) is 11.9 Å². The molecular weight excluding hydrogens is 334 g/mol. The summed E-state index contributed by atoms with van der Waals surface area (Å²) in [6.45, 7) is 4.72. The van der Waals surface area contributed by atoms with Gasteiger partial charge in [-0.15, -0.1) is 0 Å². The van der Waals surface area contributed by atoms with Crippen molar-refractivity contribution in [2.45, 2.75) is 32.7 Å². The molecule has 1 aliphatic heterocycles. The van der Waals surface area contributed by atoms with Crippen molar-refractivity contribution in [3.05, 3.63) is 77.4 Å². The number of cyclic esters (lactones) is 1. The predicted octanol–water partition coefficient (Wildman–Crippen LogP) is 5.21. The number of fused-ring (bicyclic) bond motifs is 1. The first-order valence-corrected chi connectivity index (χ1v) is 9.85. The number of benzene rings is 2. The molecule has 3 heteroatoms. The second-order valence-electron chi connectivity index (χ2n) is 7.90. The third-order valence-electron chi connectivity index (χ3n) is 5.90. The molecule has 0 spiro atoms. The van der Waals surface area contributed by atoms with Crippen LogP contribution in [0.1, 0.15) is 35.6 Å². The topological polar surface area (TPSA) is 38.3 Å². The van der Waals surface area contributed by atoms with Gasteiger partial charge in [-0.25, -0.2) is 0 Å². The van der Waals surface area contributed by atoms with Crippen molar-refractivity contribution in [1.82, 2.24) is 0 Å². The summed E-state index contributed by atoms with van der Waals surface area (Å²) < 4.78 is 5.63. The van der Waals surface area contributed by atoms with Crippen molar-refractivity contribution in [3.63, 3.8) is 0 Å². The Morgan fingerprint density at radius 3 is 2.37 bits per heavy atom. The standard InChI is InChI=1S/C24H27NO2/c1-16-7-11-18(12-8-16)23(25-20-13-9-17(2)10-14-20)22-21-6-4-3-5-19(21)15-27-24(22)26/h4,6-14,19,21-23,25H,3,5,15H2,1-2H3/t19-,21-,22+,23?/m1/s1. The van der Waals surface area contributed by atoms with Gasteiger partial charge < -0.3 is 10.1 Å². The van der Waals surface area contributed by atoms with Crippen LogP contribution in [0.25, 0.3) is 0 Å². The Labute approximate surface area is 161 Å². The molecule has 1 fully saturated rings. The summed E-state index contributed by atoms with van der Waals surface area (Å²) in [4.78, 5) is 12.9. The number of allylic oxidation sites excluding steroid dienone is 2. The van der Waals surface area contributed by atoms with Gasteiger partial charge in [-0.05, 0) is 50.3 Å². The van der Waals surface area contributed by atoms with Gasteiger partial charge in [-0.1, -0.05) is 59.7 Å². The third kappa shape index (κ3) is 3.78. The van der Waals surface area contributed by atoms with Crippen LogP contribution < -0.4 is 5.32 Å². The molecule has 0 aromatic heterocycles. The molecule has 4 atom stereocenters. The number of carbonyl (C=O) groups excluding carboxylic acids is 1. The Hall–Kier alpha value is -2.55. The van der Waals surface area contributed by atoms with Crippen molar-refractivity contribution in [1.29, 1.82) is 0 Å². The summed E-state index contributed by atoms with van der Waals surface area (Å²) in [5.74, 6) is 0.340. The van der Waals surface area contributed by atoms with Crippen LogP contribution >= 0.6 is 0 Å². The smallest absolute Gasteiger partial charge is 0.312 e. The number of carbonyl (C=O) groups is 1. The molecule has 1 saturated heterocycles. The summed E-state index contributed by atoms with van der Waals surface area (Å²) in [6, 6.07) is 16.7. The summed E-state index contributed by atoms with van der Waals surface area (Å²) in [5, 5.41) is 3.64. The highest BCUT2D eigenvalue weighted by Gasteiger charge is 2.44. The maximum absolute atomic E-state index is 12.9. The minimum Gasteiger partial charge on any atom is -0.465 e. The van der Waals surface area contributed by atoms with Crippen molar-refractivity contribution < 1.29 is 9.53 Å². The van der Waals surface area contributed by atoms with Gasteiger partial charge in [-0.3, -0.25) is 4.79 Å². The van der Waals surface area contributed by atoms with Gasteiger partial charge in [0.1, 0.15) is 0 Å². The fourth-order valence-electron chi connectivity index (χ4n) is 4.31. The molecule has 0 saturated carbocycles. The van der Waals surface area contributed by atoms with Crippen LogP contribution in [-0.2, 0) is 9.53 Å². The van der Waals surface area contributed by atoms with Crippen LogP contribution in [0.2, 0.25) is 0 Å². The molecule has 140 valence electrons. The molecule has 0 amide bonds. The van der Waals surface area contributed by atoms with E-state index in [0.717, 1.165) is 24.1 Å². The van der Waals surface area contributed by atoms with E-state index < -0.39 is 0 Å². The molecule has 2 aliphatic rings. The molecule has 0 radical (unpaired) electrons. The first-order valence-electron chi connectivity index (χ1n) is 9.85. The molecule has 1 aliphatic carbocycles. The van der Waals surface area contributed by atoms with E-state index in [1.165, 1.54) is 11.1 Å². The fourth-order valence-corrected chi connectivity index (χ4v) is 4.31. The van der Waals surface area contributed by atoms with E-state index in [1.807, 2.05) is 0 Å². The lowest BCUT2D eigenvalue weighted by Crippen LogP contribution is -2.44. The first kappa shape index (κ1) is 17.8. The maximum Gasteiger partial charge on any atom is 0.312 e. The first-order chi connectivity index (χ1) is 13.1. The molecule has 1 N–H and O–H groups in total. The fraction of sp³-hybridized carbons (Fsp3) is 0.375. The second-order valence-corrected chi connectivity index (χ2v) is 7.90.